The smallest absolute Gasteiger partial charge is 0.191 e. The van der Waals surface area contributed by atoms with E-state index in [1.54, 1.807) is 0 Å². The molecule has 136 valence electrons. The standard InChI is InChI=1S/C18H36N4.HI/c1-14(2)22-10-8-17(9-11-22)21-18(19-4)20-13-16-7-5-6-15(3)12-16;/h14-17H,5-13H2,1-4H3,(H2,19,20,21);1H. The van der Waals surface area contributed by atoms with Crippen molar-refractivity contribution < 1.29 is 0 Å². The van der Waals surface area contributed by atoms with E-state index in [-0.39, 0.29) is 24.0 Å². The minimum Gasteiger partial charge on any atom is -0.356 e. The lowest BCUT2D eigenvalue weighted by atomic mass is 9.82. The Bertz CT molecular complexity index is 351. The van der Waals surface area contributed by atoms with Gasteiger partial charge >= 0.3 is 0 Å². The lowest BCUT2D eigenvalue weighted by Gasteiger charge is -2.35. The molecule has 1 saturated heterocycles. The van der Waals surface area contributed by atoms with Gasteiger partial charge in [-0.3, -0.25) is 4.99 Å². The van der Waals surface area contributed by atoms with Gasteiger partial charge in [0.15, 0.2) is 5.96 Å². The van der Waals surface area contributed by atoms with Crippen LogP contribution >= 0.6 is 24.0 Å². The normalized spacial score (nSPS) is 27.6. The molecule has 1 aliphatic heterocycles. The number of nitrogens with one attached hydrogen (secondary N) is 2. The Morgan fingerprint density at radius 2 is 1.87 bits per heavy atom. The topological polar surface area (TPSA) is 39.7 Å². The van der Waals surface area contributed by atoms with Crippen LogP contribution in [0.4, 0.5) is 0 Å². The largest absolute Gasteiger partial charge is 0.356 e. The Labute approximate surface area is 160 Å². The van der Waals surface area contributed by atoms with Gasteiger partial charge in [-0.1, -0.05) is 19.8 Å². The molecular formula is C18H37IN4. The summed E-state index contributed by atoms with van der Waals surface area (Å²) in [6.07, 6.45) is 8.00. The maximum atomic E-state index is 4.42. The molecule has 0 spiro atoms. The van der Waals surface area contributed by atoms with Crippen molar-refractivity contribution in [1.82, 2.24) is 15.5 Å². The molecule has 0 bridgehead atoms. The summed E-state index contributed by atoms with van der Waals surface area (Å²) in [6.45, 7) is 10.5. The number of hydrogen-bond donors (Lipinski definition) is 2. The van der Waals surface area contributed by atoms with Gasteiger partial charge in [-0.05, 0) is 51.4 Å². The predicted molar refractivity (Wildman–Crippen MR) is 111 cm³/mol. The lowest BCUT2D eigenvalue weighted by Crippen LogP contribution is -2.50. The summed E-state index contributed by atoms with van der Waals surface area (Å²) < 4.78 is 0. The maximum absolute atomic E-state index is 4.42. The van der Waals surface area contributed by atoms with Gasteiger partial charge in [0.05, 0.1) is 0 Å². The first-order chi connectivity index (χ1) is 10.6. The van der Waals surface area contributed by atoms with Crippen LogP contribution in [0.25, 0.3) is 0 Å². The van der Waals surface area contributed by atoms with Gasteiger partial charge in [0.25, 0.3) is 0 Å². The SMILES string of the molecule is CN=C(NCC1CCCC(C)C1)NC1CCN(C(C)C)CC1.I. The van der Waals surface area contributed by atoms with Crippen LogP contribution in [0.15, 0.2) is 4.99 Å². The third kappa shape index (κ3) is 7.16. The summed E-state index contributed by atoms with van der Waals surface area (Å²) >= 11 is 0. The van der Waals surface area contributed by atoms with Crippen LogP contribution < -0.4 is 10.6 Å². The summed E-state index contributed by atoms with van der Waals surface area (Å²) in [7, 11) is 1.89. The zero-order valence-electron chi connectivity index (χ0n) is 15.5. The van der Waals surface area contributed by atoms with Crippen LogP contribution in [-0.2, 0) is 0 Å². The third-order valence-electron chi connectivity index (χ3n) is 5.43. The number of halogens is 1. The maximum Gasteiger partial charge on any atom is 0.191 e. The summed E-state index contributed by atoms with van der Waals surface area (Å²) in [4.78, 5) is 6.99. The Balaban J connectivity index is 0.00000264. The van der Waals surface area contributed by atoms with Crippen LogP contribution in [-0.4, -0.2) is 49.6 Å². The van der Waals surface area contributed by atoms with Crippen molar-refractivity contribution in [1.29, 1.82) is 0 Å². The van der Waals surface area contributed by atoms with Gasteiger partial charge in [-0.2, -0.15) is 0 Å². The average molecular weight is 436 g/mol. The number of rotatable bonds is 4. The second kappa shape index (κ2) is 10.7. The zero-order valence-corrected chi connectivity index (χ0v) is 17.8. The fourth-order valence-electron chi connectivity index (χ4n) is 3.93. The fourth-order valence-corrected chi connectivity index (χ4v) is 3.93. The number of aliphatic imine (C=N–C) groups is 1. The summed E-state index contributed by atoms with van der Waals surface area (Å²) in [5, 5.41) is 7.19. The summed E-state index contributed by atoms with van der Waals surface area (Å²) in [5.41, 5.74) is 0. The number of piperidine rings is 1. The van der Waals surface area contributed by atoms with Crippen LogP contribution in [0.1, 0.15) is 59.3 Å². The molecule has 2 fully saturated rings. The minimum absolute atomic E-state index is 0. The van der Waals surface area contributed by atoms with Crippen molar-refractivity contribution in [3.8, 4) is 0 Å². The molecule has 0 radical (unpaired) electrons. The summed E-state index contributed by atoms with van der Waals surface area (Å²) in [5.74, 6) is 2.72. The van der Waals surface area contributed by atoms with E-state index in [1.165, 1.54) is 51.6 Å². The summed E-state index contributed by atoms with van der Waals surface area (Å²) in [6, 6.07) is 1.25. The molecule has 2 unspecified atom stereocenters. The molecule has 23 heavy (non-hydrogen) atoms. The third-order valence-corrected chi connectivity index (χ3v) is 5.43. The van der Waals surface area contributed by atoms with Crippen molar-refractivity contribution in [2.24, 2.45) is 16.8 Å². The van der Waals surface area contributed by atoms with E-state index in [0.29, 0.717) is 12.1 Å². The molecule has 1 heterocycles. The highest BCUT2D eigenvalue weighted by Crippen LogP contribution is 2.27. The predicted octanol–water partition coefficient (Wildman–Crippen LogP) is 3.47. The number of guanidine groups is 1. The number of likely N-dealkylation sites (tertiary alicyclic amines) is 1. The van der Waals surface area contributed by atoms with E-state index in [2.05, 4.69) is 41.3 Å². The van der Waals surface area contributed by atoms with Gasteiger partial charge in [0.1, 0.15) is 0 Å². The van der Waals surface area contributed by atoms with Crippen LogP contribution in [0, 0.1) is 11.8 Å². The zero-order chi connectivity index (χ0) is 15.9. The van der Waals surface area contributed by atoms with Crippen LogP contribution in [0.5, 0.6) is 0 Å². The second-order valence-corrected chi connectivity index (χ2v) is 7.64. The molecular weight excluding hydrogens is 399 g/mol. The molecule has 0 amide bonds. The highest BCUT2D eigenvalue weighted by molar-refractivity contribution is 14.0. The molecule has 4 nitrogen and oxygen atoms in total. The molecule has 0 aromatic rings. The Morgan fingerprint density at radius 1 is 1.17 bits per heavy atom. The van der Waals surface area contributed by atoms with E-state index in [9.17, 15) is 0 Å². The monoisotopic (exact) mass is 436 g/mol. The molecule has 5 heteroatoms. The molecule has 2 aliphatic rings. The van der Waals surface area contributed by atoms with Crippen molar-refractivity contribution in [3.05, 3.63) is 0 Å². The Hall–Kier alpha value is -0.0400. The van der Waals surface area contributed by atoms with Crippen molar-refractivity contribution in [3.63, 3.8) is 0 Å². The van der Waals surface area contributed by atoms with E-state index >= 15 is 0 Å². The molecule has 2 rings (SSSR count). The first-order valence-electron chi connectivity index (χ1n) is 9.29. The molecule has 0 aromatic carbocycles. The van der Waals surface area contributed by atoms with Crippen molar-refractivity contribution in [2.45, 2.75) is 71.4 Å². The highest BCUT2D eigenvalue weighted by Gasteiger charge is 2.22. The fraction of sp³-hybridized carbons (Fsp3) is 0.944. The van der Waals surface area contributed by atoms with Crippen molar-refractivity contribution >= 4 is 29.9 Å². The van der Waals surface area contributed by atoms with Crippen LogP contribution in [0.3, 0.4) is 0 Å². The van der Waals surface area contributed by atoms with Gasteiger partial charge in [0, 0.05) is 38.8 Å². The average Bonchev–Trinajstić information content (AvgIpc) is 2.52. The lowest BCUT2D eigenvalue weighted by molar-refractivity contribution is 0.167. The molecule has 2 N–H and O–H groups in total. The molecule has 2 atom stereocenters. The van der Waals surface area contributed by atoms with E-state index in [0.717, 1.165) is 24.3 Å². The van der Waals surface area contributed by atoms with Gasteiger partial charge in [-0.25, -0.2) is 0 Å². The number of nitrogens with zero attached hydrogens (tertiary/aromatic N) is 2. The van der Waals surface area contributed by atoms with Crippen molar-refractivity contribution in [2.75, 3.05) is 26.7 Å². The van der Waals surface area contributed by atoms with Gasteiger partial charge in [-0.15, -0.1) is 24.0 Å². The van der Waals surface area contributed by atoms with Gasteiger partial charge < -0.3 is 15.5 Å². The quantitative estimate of drug-likeness (QED) is 0.403. The second-order valence-electron chi connectivity index (χ2n) is 7.64. The van der Waals surface area contributed by atoms with E-state index in [4.69, 9.17) is 0 Å². The van der Waals surface area contributed by atoms with Gasteiger partial charge in [0.2, 0.25) is 0 Å². The molecule has 1 saturated carbocycles. The van der Waals surface area contributed by atoms with E-state index < -0.39 is 0 Å². The minimum atomic E-state index is 0. The Kier molecular flexibility index (Phi) is 9.82. The number of hydrogen-bond acceptors (Lipinski definition) is 2. The highest BCUT2D eigenvalue weighted by atomic mass is 127. The first-order valence-corrected chi connectivity index (χ1v) is 9.29. The molecule has 0 aromatic heterocycles. The van der Waals surface area contributed by atoms with Crippen LogP contribution in [0.2, 0.25) is 0 Å². The first kappa shape index (κ1) is 21.0. The molecule has 1 aliphatic carbocycles. The Morgan fingerprint density at radius 3 is 2.43 bits per heavy atom. The van der Waals surface area contributed by atoms with E-state index in [1.807, 2.05) is 7.05 Å².